The summed E-state index contributed by atoms with van der Waals surface area (Å²) in [4.78, 5) is 36.9. The maximum Gasteiger partial charge on any atom is 0.345 e. The van der Waals surface area contributed by atoms with Gasteiger partial charge in [-0.3, -0.25) is 14.9 Å². The molecule has 1 aromatic carbocycles. The van der Waals surface area contributed by atoms with Gasteiger partial charge in [0.25, 0.3) is 11.6 Å². The molecule has 0 spiro atoms. The molecular formula is C18H24N2O8. The number of nitro groups is 1. The van der Waals surface area contributed by atoms with E-state index in [1.54, 1.807) is 11.8 Å². The van der Waals surface area contributed by atoms with E-state index in [0.717, 1.165) is 6.07 Å². The molecule has 2 rings (SSSR count). The number of carbonyl (C=O) groups excluding carboxylic acids is 2. The van der Waals surface area contributed by atoms with Gasteiger partial charge in [0, 0.05) is 19.2 Å². The Balaban J connectivity index is 2.14. The molecule has 28 heavy (non-hydrogen) atoms. The van der Waals surface area contributed by atoms with E-state index < -0.39 is 29.1 Å². The second kappa shape index (κ2) is 9.36. The largest absolute Gasteiger partial charge is 0.493 e. The zero-order chi connectivity index (χ0) is 20.8. The van der Waals surface area contributed by atoms with E-state index in [2.05, 4.69) is 0 Å². The molecule has 1 aliphatic rings. The highest BCUT2D eigenvalue weighted by Crippen LogP contribution is 2.35. The zero-order valence-electron chi connectivity index (χ0n) is 16.3. The Morgan fingerprint density at radius 1 is 1.25 bits per heavy atom. The highest BCUT2D eigenvalue weighted by atomic mass is 16.6. The van der Waals surface area contributed by atoms with Gasteiger partial charge >= 0.3 is 5.97 Å². The van der Waals surface area contributed by atoms with E-state index in [9.17, 15) is 19.7 Å². The van der Waals surface area contributed by atoms with Gasteiger partial charge in [-0.15, -0.1) is 0 Å². The Hall–Kier alpha value is -2.88. The molecular weight excluding hydrogens is 372 g/mol. The third kappa shape index (κ3) is 5.10. The Bertz CT molecular complexity index is 741. The first-order valence-corrected chi connectivity index (χ1v) is 8.86. The van der Waals surface area contributed by atoms with Gasteiger partial charge in [0.15, 0.2) is 18.1 Å². The van der Waals surface area contributed by atoms with E-state index >= 15 is 0 Å². The fourth-order valence-corrected chi connectivity index (χ4v) is 2.97. The lowest BCUT2D eigenvalue weighted by Crippen LogP contribution is -2.49. The van der Waals surface area contributed by atoms with Crippen molar-refractivity contribution in [2.75, 3.05) is 33.4 Å². The number of rotatable bonds is 7. The van der Waals surface area contributed by atoms with Crippen LogP contribution in [0.2, 0.25) is 0 Å². The maximum absolute atomic E-state index is 12.4. The van der Waals surface area contributed by atoms with E-state index in [1.165, 1.54) is 13.2 Å². The van der Waals surface area contributed by atoms with Crippen molar-refractivity contribution in [1.29, 1.82) is 0 Å². The van der Waals surface area contributed by atoms with Gasteiger partial charge in [-0.25, -0.2) is 4.79 Å². The predicted octanol–water partition coefficient (Wildman–Crippen LogP) is 1.79. The predicted molar refractivity (Wildman–Crippen MR) is 97.7 cm³/mol. The van der Waals surface area contributed by atoms with Crippen molar-refractivity contribution in [2.24, 2.45) is 0 Å². The average molecular weight is 396 g/mol. The molecule has 154 valence electrons. The monoisotopic (exact) mass is 396 g/mol. The number of nitro benzene ring substituents is 1. The summed E-state index contributed by atoms with van der Waals surface area (Å²) in [7, 11) is 1.35. The summed E-state index contributed by atoms with van der Waals surface area (Å²) < 4.78 is 21.0. The molecule has 0 bridgehead atoms. The number of ether oxygens (including phenoxy) is 4. The molecule has 0 unspecified atom stereocenters. The van der Waals surface area contributed by atoms with Crippen LogP contribution in [0.25, 0.3) is 0 Å². The molecule has 1 heterocycles. The SMILES string of the molecule is CCOc1cc([N+](=O)[O-])c(C(=O)OCC(=O)N2C[C@@H](C)O[C@H](C)C2)cc1OC. The summed E-state index contributed by atoms with van der Waals surface area (Å²) in [6.45, 7) is 5.92. The van der Waals surface area contributed by atoms with Crippen LogP contribution in [0.5, 0.6) is 11.5 Å². The topological polar surface area (TPSA) is 117 Å². The number of methoxy groups -OCH3 is 1. The number of carbonyl (C=O) groups is 2. The van der Waals surface area contributed by atoms with Gasteiger partial charge in [-0.1, -0.05) is 0 Å². The standard InChI is InChI=1S/C18H24N2O8/c1-5-26-16-7-14(20(23)24)13(6-15(16)25-4)18(22)27-10-17(21)19-8-11(2)28-12(3)9-19/h6-7,11-12H,5,8-10H2,1-4H3/t11-,12-/m1/s1. The molecule has 0 N–H and O–H groups in total. The van der Waals surface area contributed by atoms with Crippen LogP contribution in [0.3, 0.4) is 0 Å². The summed E-state index contributed by atoms with van der Waals surface area (Å²) >= 11 is 0. The number of esters is 1. The molecule has 0 aromatic heterocycles. The minimum atomic E-state index is -0.990. The van der Waals surface area contributed by atoms with Crippen molar-refractivity contribution in [2.45, 2.75) is 33.0 Å². The number of hydrogen-bond donors (Lipinski definition) is 0. The summed E-state index contributed by atoms with van der Waals surface area (Å²) in [6, 6.07) is 2.28. The number of benzene rings is 1. The van der Waals surface area contributed by atoms with Crippen molar-refractivity contribution in [3.63, 3.8) is 0 Å². The maximum atomic E-state index is 12.4. The molecule has 1 saturated heterocycles. The van der Waals surface area contributed by atoms with Crippen molar-refractivity contribution in [1.82, 2.24) is 4.90 Å². The van der Waals surface area contributed by atoms with Crippen molar-refractivity contribution in [3.05, 3.63) is 27.8 Å². The molecule has 0 aliphatic carbocycles. The average Bonchev–Trinajstić information content (AvgIpc) is 2.64. The van der Waals surface area contributed by atoms with Crippen LogP contribution >= 0.6 is 0 Å². The van der Waals surface area contributed by atoms with Crippen molar-refractivity contribution in [3.8, 4) is 11.5 Å². The van der Waals surface area contributed by atoms with Crippen molar-refractivity contribution < 1.29 is 33.5 Å². The first kappa shape index (κ1) is 21.4. The number of amides is 1. The fourth-order valence-electron chi connectivity index (χ4n) is 2.97. The molecule has 0 radical (unpaired) electrons. The van der Waals surface area contributed by atoms with E-state index in [4.69, 9.17) is 18.9 Å². The van der Waals surface area contributed by atoms with E-state index in [1.807, 2.05) is 13.8 Å². The molecule has 1 aromatic rings. The summed E-state index contributed by atoms with van der Waals surface area (Å²) in [5, 5.41) is 11.4. The molecule has 2 atom stereocenters. The van der Waals surface area contributed by atoms with E-state index in [0.29, 0.717) is 13.1 Å². The first-order chi connectivity index (χ1) is 13.3. The lowest BCUT2D eigenvalue weighted by molar-refractivity contribution is -0.385. The lowest BCUT2D eigenvalue weighted by Gasteiger charge is -2.35. The molecule has 1 fully saturated rings. The third-order valence-electron chi connectivity index (χ3n) is 4.10. The molecule has 1 aliphatic heterocycles. The molecule has 10 nitrogen and oxygen atoms in total. The summed E-state index contributed by atoms with van der Waals surface area (Å²) in [5.41, 5.74) is -0.808. The Morgan fingerprint density at radius 2 is 1.89 bits per heavy atom. The van der Waals surface area contributed by atoms with Gasteiger partial charge in [0.05, 0.1) is 36.9 Å². The van der Waals surface area contributed by atoms with Crippen LogP contribution in [0.4, 0.5) is 5.69 Å². The molecule has 10 heteroatoms. The minimum Gasteiger partial charge on any atom is -0.493 e. The smallest absolute Gasteiger partial charge is 0.345 e. The third-order valence-corrected chi connectivity index (χ3v) is 4.10. The van der Waals surface area contributed by atoms with Gasteiger partial charge in [0.2, 0.25) is 0 Å². The quantitative estimate of drug-likeness (QED) is 0.389. The van der Waals surface area contributed by atoms with Gasteiger partial charge in [-0.05, 0) is 20.8 Å². The molecule has 0 saturated carbocycles. The Morgan fingerprint density at radius 3 is 2.43 bits per heavy atom. The number of morpholine rings is 1. The second-order valence-corrected chi connectivity index (χ2v) is 6.34. The van der Waals surface area contributed by atoms with Gasteiger partial charge < -0.3 is 23.8 Å². The van der Waals surface area contributed by atoms with Crippen LogP contribution in [-0.2, 0) is 14.3 Å². The fraction of sp³-hybridized carbons (Fsp3) is 0.556. The molecule has 1 amide bonds. The van der Waals surface area contributed by atoms with E-state index in [-0.39, 0.29) is 35.9 Å². The Kier molecular flexibility index (Phi) is 7.16. The van der Waals surface area contributed by atoms with Gasteiger partial charge in [0.1, 0.15) is 5.56 Å². The van der Waals surface area contributed by atoms with Crippen LogP contribution in [0, 0.1) is 10.1 Å². The zero-order valence-corrected chi connectivity index (χ0v) is 16.3. The first-order valence-electron chi connectivity index (χ1n) is 8.86. The lowest BCUT2D eigenvalue weighted by atomic mass is 10.1. The van der Waals surface area contributed by atoms with Gasteiger partial charge in [-0.2, -0.15) is 0 Å². The summed E-state index contributed by atoms with van der Waals surface area (Å²) in [5.74, 6) is -1.09. The highest BCUT2D eigenvalue weighted by molar-refractivity contribution is 5.96. The Labute approximate surface area is 162 Å². The minimum absolute atomic E-state index is 0.125. The van der Waals surface area contributed by atoms with Crippen LogP contribution in [0.15, 0.2) is 12.1 Å². The highest BCUT2D eigenvalue weighted by Gasteiger charge is 2.29. The second-order valence-electron chi connectivity index (χ2n) is 6.34. The number of hydrogen-bond acceptors (Lipinski definition) is 8. The van der Waals surface area contributed by atoms with Crippen LogP contribution in [-0.4, -0.2) is 67.3 Å². The van der Waals surface area contributed by atoms with Crippen LogP contribution in [0.1, 0.15) is 31.1 Å². The van der Waals surface area contributed by atoms with Crippen molar-refractivity contribution >= 4 is 17.6 Å². The van der Waals surface area contributed by atoms with Crippen LogP contribution < -0.4 is 9.47 Å². The normalized spacial score (nSPS) is 19.1. The number of nitrogens with zero attached hydrogens (tertiary/aromatic N) is 2. The summed E-state index contributed by atoms with van der Waals surface area (Å²) in [6.07, 6.45) is -0.250.